The molecule has 1 aromatic carbocycles. The van der Waals surface area contributed by atoms with Crippen LogP contribution >= 0.6 is 11.8 Å². The van der Waals surface area contributed by atoms with E-state index in [-0.39, 0.29) is 6.04 Å². The van der Waals surface area contributed by atoms with Gasteiger partial charge < -0.3 is 15.2 Å². The molecule has 3 nitrogen and oxygen atoms in total. The first-order valence-corrected chi connectivity index (χ1v) is 7.28. The molecule has 0 aliphatic carbocycles. The van der Waals surface area contributed by atoms with Gasteiger partial charge in [0.05, 0.1) is 14.2 Å². The third-order valence-electron chi connectivity index (χ3n) is 2.55. The van der Waals surface area contributed by atoms with Crippen molar-refractivity contribution in [3.8, 4) is 11.5 Å². The minimum atomic E-state index is 0.0118. The van der Waals surface area contributed by atoms with Crippen molar-refractivity contribution in [3.63, 3.8) is 0 Å². The van der Waals surface area contributed by atoms with Crippen molar-refractivity contribution in [1.29, 1.82) is 0 Å². The lowest BCUT2D eigenvalue weighted by Crippen LogP contribution is -2.14. The molecule has 18 heavy (non-hydrogen) atoms. The van der Waals surface area contributed by atoms with E-state index in [4.69, 9.17) is 15.2 Å². The summed E-state index contributed by atoms with van der Waals surface area (Å²) < 4.78 is 10.5. The Kier molecular flexibility index (Phi) is 6.36. The van der Waals surface area contributed by atoms with Crippen LogP contribution in [0.4, 0.5) is 0 Å². The number of hydrogen-bond acceptors (Lipinski definition) is 4. The van der Waals surface area contributed by atoms with E-state index in [1.807, 2.05) is 30.0 Å². The van der Waals surface area contributed by atoms with Gasteiger partial charge in [-0.1, -0.05) is 13.8 Å². The van der Waals surface area contributed by atoms with Gasteiger partial charge in [-0.2, -0.15) is 11.8 Å². The van der Waals surface area contributed by atoms with E-state index in [0.717, 1.165) is 28.6 Å². The van der Waals surface area contributed by atoms with Crippen LogP contribution in [0.3, 0.4) is 0 Å². The number of hydrogen-bond donors (Lipinski definition) is 1. The topological polar surface area (TPSA) is 44.5 Å². The molecule has 0 radical (unpaired) electrons. The zero-order valence-electron chi connectivity index (χ0n) is 11.6. The summed E-state index contributed by atoms with van der Waals surface area (Å²) in [7, 11) is 3.30. The van der Waals surface area contributed by atoms with Crippen LogP contribution in [0.25, 0.3) is 0 Å². The molecule has 1 unspecified atom stereocenters. The normalized spacial score (nSPS) is 12.6. The fourth-order valence-corrected chi connectivity index (χ4v) is 2.62. The second-order valence-electron chi connectivity index (χ2n) is 4.68. The van der Waals surface area contributed by atoms with Gasteiger partial charge in [0, 0.05) is 17.9 Å². The molecule has 4 heteroatoms. The first-order chi connectivity index (χ1) is 8.56. The Morgan fingerprint density at radius 1 is 1.06 bits per heavy atom. The molecule has 0 saturated carbocycles. The summed E-state index contributed by atoms with van der Waals surface area (Å²) in [6, 6.07) is 5.82. The zero-order valence-corrected chi connectivity index (χ0v) is 12.4. The Morgan fingerprint density at radius 3 is 2.06 bits per heavy atom. The molecule has 1 aromatic rings. The fraction of sp³-hybridized carbons (Fsp3) is 0.571. The number of benzene rings is 1. The Balaban J connectivity index is 2.68. The minimum Gasteiger partial charge on any atom is -0.497 e. The van der Waals surface area contributed by atoms with Gasteiger partial charge in [0.1, 0.15) is 11.5 Å². The van der Waals surface area contributed by atoms with Crippen LogP contribution in [0.2, 0.25) is 0 Å². The quantitative estimate of drug-likeness (QED) is 0.826. The molecule has 1 rings (SSSR count). The molecule has 1 atom stereocenters. The monoisotopic (exact) mass is 269 g/mol. The molecule has 0 spiro atoms. The Hall–Kier alpha value is -0.870. The van der Waals surface area contributed by atoms with Gasteiger partial charge in [0.15, 0.2) is 0 Å². The maximum Gasteiger partial charge on any atom is 0.122 e. The summed E-state index contributed by atoms with van der Waals surface area (Å²) >= 11 is 1.88. The Bertz CT molecular complexity index is 347. The molecular formula is C14H23NO2S. The number of thioether (sulfide) groups is 1. The van der Waals surface area contributed by atoms with E-state index in [1.165, 1.54) is 0 Å². The van der Waals surface area contributed by atoms with E-state index in [9.17, 15) is 0 Å². The van der Waals surface area contributed by atoms with Crippen molar-refractivity contribution in [1.82, 2.24) is 0 Å². The van der Waals surface area contributed by atoms with Crippen molar-refractivity contribution >= 4 is 11.8 Å². The fourth-order valence-electron chi connectivity index (χ4n) is 1.57. The Labute approximate surface area is 114 Å². The van der Waals surface area contributed by atoms with Crippen LogP contribution in [-0.2, 0) is 0 Å². The molecule has 0 fully saturated rings. The van der Waals surface area contributed by atoms with Gasteiger partial charge in [-0.05, 0) is 29.4 Å². The van der Waals surface area contributed by atoms with Crippen LogP contribution in [-0.4, -0.2) is 25.7 Å². The molecule has 2 N–H and O–H groups in total. The summed E-state index contributed by atoms with van der Waals surface area (Å²) in [6.45, 7) is 4.43. The van der Waals surface area contributed by atoms with Gasteiger partial charge in [0.2, 0.25) is 0 Å². The molecule has 0 saturated heterocycles. The van der Waals surface area contributed by atoms with Crippen molar-refractivity contribution in [2.75, 3.05) is 25.7 Å². The molecular weight excluding hydrogens is 246 g/mol. The summed E-state index contributed by atoms with van der Waals surface area (Å²) in [4.78, 5) is 0. The highest BCUT2D eigenvalue weighted by Crippen LogP contribution is 2.27. The molecule has 0 bridgehead atoms. The number of nitrogens with two attached hydrogens (primary N) is 1. The van der Waals surface area contributed by atoms with Crippen LogP contribution in [0.5, 0.6) is 11.5 Å². The second-order valence-corrected chi connectivity index (χ2v) is 5.76. The summed E-state index contributed by atoms with van der Waals surface area (Å²) in [5, 5.41) is 0. The summed E-state index contributed by atoms with van der Waals surface area (Å²) in [6.07, 6.45) is 0. The van der Waals surface area contributed by atoms with Gasteiger partial charge >= 0.3 is 0 Å². The summed E-state index contributed by atoms with van der Waals surface area (Å²) in [5.41, 5.74) is 7.25. The molecule has 0 amide bonds. The molecule has 0 aliphatic rings. The van der Waals surface area contributed by atoms with Crippen molar-refractivity contribution in [2.24, 2.45) is 11.7 Å². The van der Waals surface area contributed by atoms with E-state index in [1.54, 1.807) is 14.2 Å². The first kappa shape index (κ1) is 15.2. The second kappa shape index (κ2) is 7.54. The van der Waals surface area contributed by atoms with Crippen molar-refractivity contribution in [2.45, 2.75) is 19.9 Å². The van der Waals surface area contributed by atoms with Gasteiger partial charge in [-0.3, -0.25) is 0 Å². The third-order valence-corrected chi connectivity index (χ3v) is 4.05. The number of methoxy groups -OCH3 is 2. The highest BCUT2D eigenvalue weighted by molar-refractivity contribution is 7.99. The lowest BCUT2D eigenvalue weighted by atomic mass is 10.1. The van der Waals surface area contributed by atoms with E-state index in [2.05, 4.69) is 13.8 Å². The third kappa shape index (κ3) is 4.78. The van der Waals surface area contributed by atoms with Crippen LogP contribution in [0.15, 0.2) is 18.2 Å². The zero-order chi connectivity index (χ0) is 13.5. The maximum absolute atomic E-state index is 6.20. The number of rotatable bonds is 7. The van der Waals surface area contributed by atoms with Crippen molar-refractivity contribution in [3.05, 3.63) is 23.8 Å². The van der Waals surface area contributed by atoms with Gasteiger partial charge in [0.25, 0.3) is 0 Å². The molecule has 0 aromatic heterocycles. The first-order valence-electron chi connectivity index (χ1n) is 6.13. The smallest absolute Gasteiger partial charge is 0.122 e. The Morgan fingerprint density at radius 2 is 1.61 bits per heavy atom. The average Bonchev–Trinajstić information content (AvgIpc) is 2.37. The van der Waals surface area contributed by atoms with Crippen LogP contribution < -0.4 is 15.2 Å². The number of ether oxygens (including phenoxy) is 2. The minimum absolute atomic E-state index is 0.0118. The van der Waals surface area contributed by atoms with E-state index < -0.39 is 0 Å². The highest BCUT2D eigenvalue weighted by atomic mass is 32.2. The average molecular weight is 269 g/mol. The lowest BCUT2D eigenvalue weighted by Gasteiger charge is -2.15. The highest BCUT2D eigenvalue weighted by Gasteiger charge is 2.10. The summed E-state index contributed by atoms with van der Waals surface area (Å²) in [5.74, 6) is 4.31. The predicted octanol–water partition coefficient (Wildman–Crippen LogP) is 3.09. The maximum atomic E-state index is 6.20. The molecule has 0 aliphatic heterocycles. The van der Waals surface area contributed by atoms with E-state index in [0.29, 0.717) is 5.92 Å². The van der Waals surface area contributed by atoms with Gasteiger partial charge in [-0.15, -0.1) is 0 Å². The van der Waals surface area contributed by atoms with Crippen LogP contribution in [0.1, 0.15) is 25.5 Å². The van der Waals surface area contributed by atoms with Crippen molar-refractivity contribution < 1.29 is 9.47 Å². The largest absolute Gasteiger partial charge is 0.497 e. The predicted molar refractivity (Wildman–Crippen MR) is 78.6 cm³/mol. The van der Waals surface area contributed by atoms with Crippen LogP contribution in [0, 0.1) is 5.92 Å². The van der Waals surface area contributed by atoms with E-state index >= 15 is 0 Å². The standard InChI is InChI=1S/C14H23NO2S/c1-10(2)8-18-9-14(15)11-5-12(16-3)7-13(6-11)17-4/h5-7,10,14H,8-9,15H2,1-4H3. The molecule has 102 valence electrons. The van der Waals surface area contributed by atoms with Gasteiger partial charge in [-0.25, -0.2) is 0 Å². The SMILES string of the molecule is COc1cc(OC)cc(C(N)CSCC(C)C)c1. The lowest BCUT2D eigenvalue weighted by molar-refractivity contribution is 0.393. The molecule has 0 heterocycles.